The number of benzene rings is 3. The van der Waals surface area contributed by atoms with E-state index in [1.165, 1.54) is 18.2 Å². The average Bonchev–Trinajstić information content (AvgIpc) is 3.08. The van der Waals surface area contributed by atoms with Crippen LogP contribution in [0.5, 0.6) is 11.5 Å². The predicted octanol–water partition coefficient (Wildman–Crippen LogP) is 4.39. The minimum Gasteiger partial charge on any atom is -0.450 e. The third kappa shape index (κ3) is 4.37. The topological polar surface area (TPSA) is 145 Å². The van der Waals surface area contributed by atoms with Crippen LogP contribution >= 0.6 is 0 Å². The van der Waals surface area contributed by atoms with Crippen LogP contribution in [0.25, 0.3) is 6.08 Å². The SMILES string of the molecule is O=C1N/C(=C/c2ccc(Oc3ccc([N+](=O)[O-])cc3[N+](=O)[O-])cc2)C(=O)N1c1ccccc1. The maximum atomic E-state index is 12.6. The van der Waals surface area contributed by atoms with Gasteiger partial charge in [0.25, 0.3) is 11.6 Å². The molecule has 0 saturated carbocycles. The quantitative estimate of drug-likeness (QED) is 0.256. The fourth-order valence-corrected chi connectivity index (χ4v) is 3.12. The van der Waals surface area contributed by atoms with Crippen molar-refractivity contribution in [2.24, 2.45) is 0 Å². The molecule has 3 aromatic carbocycles. The normalized spacial score (nSPS) is 14.3. The minimum absolute atomic E-state index is 0.0866. The molecule has 0 unspecified atom stereocenters. The molecule has 1 saturated heterocycles. The molecular formula is C22H14N4O7. The van der Waals surface area contributed by atoms with Gasteiger partial charge in [-0.05, 0) is 42.0 Å². The Morgan fingerprint density at radius 2 is 1.58 bits per heavy atom. The number of nitrogens with zero attached hydrogens (tertiary/aromatic N) is 3. The molecule has 164 valence electrons. The number of hydrogen-bond donors (Lipinski definition) is 1. The van der Waals surface area contributed by atoms with Crippen molar-refractivity contribution in [1.29, 1.82) is 0 Å². The van der Waals surface area contributed by atoms with Gasteiger partial charge in [0.05, 0.1) is 21.6 Å². The number of non-ortho nitro benzene ring substituents is 1. The lowest BCUT2D eigenvalue weighted by atomic mass is 10.2. The average molecular weight is 446 g/mol. The van der Waals surface area contributed by atoms with Gasteiger partial charge in [-0.2, -0.15) is 0 Å². The van der Waals surface area contributed by atoms with Crippen LogP contribution in [0.4, 0.5) is 21.9 Å². The highest BCUT2D eigenvalue weighted by molar-refractivity contribution is 6.28. The summed E-state index contributed by atoms with van der Waals surface area (Å²) in [7, 11) is 0. The molecule has 0 bridgehead atoms. The molecule has 11 nitrogen and oxygen atoms in total. The Labute approximate surface area is 185 Å². The number of nitrogens with one attached hydrogen (secondary N) is 1. The minimum atomic E-state index is -0.770. The maximum Gasteiger partial charge on any atom is 0.333 e. The molecule has 0 atom stereocenters. The molecule has 1 N–H and O–H groups in total. The summed E-state index contributed by atoms with van der Waals surface area (Å²) in [4.78, 5) is 46.5. The first-order chi connectivity index (χ1) is 15.8. The van der Waals surface area contributed by atoms with Gasteiger partial charge in [-0.3, -0.25) is 25.0 Å². The number of imide groups is 1. The first kappa shape index (κ1) is 21.2. The number of nitro groups is 2. The molecule has 0 radical (unpaired) electrons. The van der Waals surface area contributed by atoms with E-state index in [4.69, 9.17) is 4.74 Å². The second-order valence-corrected chi connectivity index (χ2v) is 6.80. The van der Waals surface area contributed by atoms with Crippen molar-refractivity contribution in [2.75, 3.05) is 4.90 Å². The standard InChI is InChI=1S/C22H14N4O7/c27-21-18(23-22(28)24(21)15-4-2-1-3-5-15)12-14-6-9-17(10-7-14)33-20-11-8-16(25(29)30)13-19(20)26(31)32/h1-13H,(H,23,28)/b18-12+. The van der Waals surface area contributed by atoms with Crippen molar-refractivity contribution in [3.8, 4) is 11.5 Å². The fraction of sp³-hybridized carbons (Fsp3) is 0. The van der Waals surface area contributed by atoms with Crippen molar-refractivity contribution in [3.05, 3.63) is 104 Å². The zero-order chi connectivity index (χ0) is 23.5. The van der Waals surface area contributed by atoms with Gasteiger partial charge in [0.15, 0.2) is 0 Å². The Kier molecular flexibility index (Phi) is 5.51. The van der Waals surface area contributed by atoms with E-state index in [0.29, 0.717) is 11.3 Å². The number of urea groups is 1. The Balaban J connectivity index is 1.53. The van der Waals surface area contributed by atoms with Crippen molar-refractivity contribution in [3.63, 3.8) is 0 Å². The van der Waals surface area contributed by atoms with Crippen LogP contribution in [0.15, 0.2) is 78.5 Å². The van der Waals surface area contributed by atoms with Crippen molar-refractivity contribution < 1.29 is 24.2 Å². The molecule has 33 heavy (non-hydrogen) atoms. The van der Waals surface area contributed by atoms with Gasteiger partial charge in [0.1, 0.15) is 11.4 Å². The molecule has 3 amide bonds. The van der Waals surface area contributed by atoms with Gasteiger partial charge in [-0.1, -0.05) is 30.3 Å². The zero-order valence-corrected chi connectivity index (χ0v) is 16.7. The summed E-state index contributed by atoms with van der Waals surface area (Å²) in [5, 5.41) is 24.6. The second-order valence-electron chi connectivity index (χ2n) is 6.80. The third-order valence-corrected chi connectivity index (χ3v) is 4.66. The summed E-state index contributed by atoms with van der Waals surface area (Å²) in [6, 6.07) is 17.2. The highest BCUT2D eigenvalue weighted by atomic mass is 16.6. The monoisotopic (exact) mass is 446 g/mol. The molecule has 11 heteroatoms. The zero-order valence-electron chi connectivity index (χ0n) is 16.7. The van der Waals surface area contributed by atoms with Crippen LogP contribution in [0.3, 0.4) is 0 Å². The summed E-state index contributed by atoms with van der Waals surface area (Å²) < 4.78 is 5.51. The van der Waals surface area contributed by atoms with Gasteiger partial charge in [0, 0.05) is 6.07 Å². The number of carbonyl (C=O) groups excluding carboxylic acids is 2. The Morgan fingerprint density at radius 3 is 2.21 bits per heavy atom. The molecule has 1 aliphatic heterocycles. The molecule has 3 aromatic rings. The van der Waals surface area contributed by atoms with Crippen LogP contribution < -0.4 is 15.0 Å². The number of ether oxygens (including phenoxy) is 1. The Morgan fingerprint density at radius 1 is 0.879 bits per heavy atom. The summed E-state index contributed by atoms with van der Waals surface area (Å²) >= 11 is 0. The van der Waals surface area contributed by atoms with E-state index in [2.05, 4.69) is 5.32 Å². The molecule has 1 aliphatic rings. The van der Waals surface area contributed by atoms with Crippen molar-refractivity contribution >= 4 is 35.1 Å². The number of nitro benzene ring substituents is 2. The lowest BCUT2D eigenvalue weighted by Crippen LogP contribution is -2.30. The van der Waals surface area contributed by atoms with Crippen molar-refractivity contribution in [2.45, 2.75) is 0 Å². The smallest absolute Gasteiger partial charge is 0.333 e. The van der Waals surface area contributed by atoms with Crippen molar-refractivity contribution in [1.82, 2.24) is 5.32 Å². The van der Waals surface area contributed by atoms with Crippen LogP contribution in [0, 0.1) is 20.2 Å². The number of rotatable bonds is 6. The van der Waals surface area contributed by atoms with E-state index in [1.54, 1.807) is 42.5 Å². The Hall–Kier alpha value is -5.06. The lowest BCUT2D eigenvalue weighted by Gasteiger charge is -2.10. The van der Waals surface area contributed by atoms with E-state index in [-0.39, 0.29) is 17.2 Å². The number of carbonyl (C=O) groups is 2. The van der Waals surface area contributed by atoms with E-state index in [9.17, 15) is 29.8 Å². The Bertz CT molecular complexity index is 1300. The van der Waals surface area contributed by atoms with Crippen LogP contribution in [0.1, 0.15) is 5.56 Å². The molecule has 1 heterocycles. The number of para-hydroxylation sites is 1. The van der Waals surface area contributed by atoms with Crippen LogP contribution in [0.2, 0.25) is 0 Å². The first-order valence-corrected chi connectivity index (χ1v) is 9.46. The van der Waals surface area contributed by atoms with E-state index >= 15 is 0 Å². The number of amides is 3. The van der Waals surface area contributed by atoms with E-state index in [1.807, 2.05) is 0 Å². The van der Waals surface area contributed by atoms with Gasteiger partial charge >= 0.3 is 11.7 Å². The first-order valence-electron chi connectivity index (χ1n) is 9.46. The van der Waals surface area contributed by atoms with Crippen LogP contribution in [-0.4, -0.2) is 21.8 Å². The van der Waals surface area contributed by atoms with E-state index < -0.39 is 33.2 Å². The second kappa shape index (κ2) is 8.59. The predicted molar refractivity (Wildman–Crippen MR) is 117 cm³/mol. The number of anilines is 1. The highest BCUT2D eigenvalue weighted by Gasteiger charge is 2.34. The molecule has 0 aliphatic carbocycles. The van der Waals surface area contributed by atoms with E-state index in [0.717, 1.165) is 23.1 Å². The van der Waals surface area contributed by atoms with Gasteiger partial charge < -0.3 is 10.1 Å². The summed E-state index contributed by atoms with van der Waals surface area (Å²) in [6.07, 6.45) is 1.49. The summed E-state index contributed by atoms with van der Waals surface area (Å²) in [6.45, 7) is 0. The summed E-state index contributed by atoms with van der Waals surface area (Å²) in [5.74, 6) is -0.428. The molecule has 4 rings (SSSR count). The molecule has 0 spiro atoms. The molecule has 0 aromatic heterocycles. The molecule has 1 fully saturated rings. The van der Waals surface area contributed by atoms with Gasteiger partial charge in [-0.25, -0.2) is 9.69 Å². The van der Waals surface area contributed by atoms with Gasteiger partial charge in [-0.15, -0.1) is 0 Å². The maximum absolute atomic E-state index is 12.6. The van der Waals surface area contributed by atoms with Gasteiger partial charge in [0.2, 0.25) is 5.75 Å². The largest absolute Gasteiger partial charge is 0.450 e. The third-order valence-electron chi connectivity index (χ3n) is 4.66. The number of hydrogen-bond acceptors (Lipinski definition) is 7. The lowest BCUT2D eigenvalue weighted by molar-refractivity contribution is -0.394. The van der Waals surface area contributed by atoms with Crippen LogP contribution in [-0.2, 0) is 4.79 Å². The summed E-state index contributed by atoms with van der Waals surface area (Å²) in [5.41, 5.74) is 0.124. The fourth-order valence-electron chi connectivity index (χ4n) is 3.12. The molecular weight excluding hydrogens is 432 g/mol. The highest BCUT2D eigenvalue weighted by Crippen LogP contribution is 2.34.